The maximum absolute atomic E-state index is 5.57. The lowest BCUT2D eigenvalue weighted by atomic mass is 10.4. The number of hydrogen-bond donors (Lipinski definition) is 1. The van der Waals surface area contributed by atoms with Gasteiger partial charge in [0.25, 0.3) is 0 Å². The Hall–Kier alpha value is -1.45. The normalized spacial score (nSPS) is 11.7. The van der Waals surface area contributed by atoms with Gasteiger partial charge in [-0.2, -0.15) is 0 Å². The van der Waals surface area contributed by atoms with E-state index in [2.05, 4.69) is 4.99 Å². The SMILES string of the molecule is CN=C(N)N(C)Cc1ccco1. The third-order valence-electron chi connectivity index (χ3n) is 1.59. The van der Waals surface area contributed by atoms with Gasteiger partial charge in [0.1, 0.15) is 5.76 Å². The second-order valence-corrected chi connectivity index (χ2v) is 2.52. The lowest BCUT2D eigenvalue weighted by Crippen LogP contribution is -2.33. The van der Waals surface area contributed by atoms with Crippen LogP contribution in [0.15, 0.2) is 27.8 Å². The Kier molecular flexibility index (Phi) is 2.74. The standard InChI is InChI=1S/C8H13N3O/c1-10-8(9)11(2)6-7-4-3-5-12-7/h3-5H,6H2,1-2H3,(H2,9,10). The van der Waals surface area contributed by atoms with Crippen molar-refractivity contribution in [2.45, 2.75) is 6.54 Å². The molecule has 0 aliphatic rings. The quantitative estimate of drug-likeness (QED) is 0.520. The summed E-state index contributed by atoms with van der Waals surface area (Å²) in [6.07, 6.45) is 1.64. The summed E-state index contributed by atoms with van der Waals surface area (Å²) in [5, 5.41) is 0. The molecule has 2 N–H and O–H groups in total. The molecule has 0 saturated heterocycles. The van der Waals surface area contributed by atoms with E-state index < -0.39 is 0 Å². The molecule has 0 bridgehead atoms. The zero-order valence-corrected chi connectivity index (χ0v) is 7.32. The van der Waals surface area contributed by atoms with E-state index in [0.29, 0.717) is 12.5 Å². The number of nitrogens with zero attached hydrogens (tertiary/aromatic N) is 2. The minimum atomic E-state index is 0.506. The van der Waals surface area contributed by atoms with E-state index in [-0.39, 0.29) is 0 Å². The molecule has 4 nitrogen and oxygen atoms in total. The molecule has 0 radical (unpaired) electrons. The minimum absolute atomic E-state index is 0.506. The predicted octanol–water partition coefficient (Wildman–Crippen LogP) is 0.656. The molecule has 1 heterocycles. The Labute approximate surface area is 71.7 Å². The molecule has 0 amide bonds. The Balaban J connectivity index is 2.53. The van der Waals surface area contributed by atoms with Crippen LogP contribution in [-0.2, 0) is 6.54 Å². The van der Waals surface area contributed by atoms with Crippen molar-refractivity contribution in [2.75, 3.05) is 14.1 Å². The molecule has 0 aliphatic heterocycles. The Morgan fingerprint density at radius 3 is 3.00 bits per heavy atom. The van der Waals surface area contributed by atoms with Crippen LogP contribution in [0.1, 0.15) is 5.76 Å². The summed E-state index contributed by atoms with van der Waals surface area (Å²) in [4.78, 5) is 5.67. The first kappa shape index (κ1) is 8.64. The molecule has 0 unspecified atom stereocenters. The maximum atomic E-state index is 5.57. The van der Waals surface area contributed by atoms with Crippen molar-refractivity contribution in [1.29, 1.82) is 0 Å². The number of furan rings is 1. The summed E-state index contributed by atoms with van der Waals surface area (Å²) in [5.74, 6) is 1.38. The zero-order valence-electron chi connectivity index (χ0n) is 7.32. The summed E-state index contributed by atoms with van der Waals surface area (Å²) in [7, 11) is 3.53. The molecule has 0 atom stereocenters. The molecule has 0 spiro atoms. The molecule has 0 saturated carbocycles. The second kappa shape index (κ2) is 3.80. The maximum Gasteiger partial charge on any atom is 0.191 e. The van der Waals surface area contributed by atoms with Gasteiger partial charge in [0.2, 0.25) is 0 Å². The predicted molar refractivity (Wildman–Crippen MR) is 47.7 cm³/mol. The van der Waals surface area contributed by atoms with Crippen molar-refractivity contribution in [2.24, 2.45) is 10.7 Å². The van der Waals surface area contributed by atoms with E-state index >= 15 is 0 Å². The summed E-state index contributed by atoms with van der Waals surface area (Å²) < 4.78 is 5.15. The molecule has 0 fully saturated rings. The average molecular weight is 167 g/mol. The first-order valence-electron chi connectivity index (χ1n) is 3.70. The topological polar surface area (TPSA) is 54.8 Å². The number of hydrogen-bond acceptors (Lipinski definition) is 2. The van der Waals surface area contributed by atoms with Crippen LogP contribution in [0.4, 0.5) is 0 Å². The van der Waals surface area contributed by atoms with Crippen molar-refractivity contribution in [1.82, 2.24) is 4.90 Å². The Bertz CT molecular complexity index is 253. The number of aliphatic imine (C=N–C) groups is 1. The molecule has 4 heteroatoms. The molecular weight excluding hydrogens is 154 g/mol. The number of nitrogens with two attached hydrogens (primary N) is 1. The van der Waals surface area contributed by atoms with Crippen LogP contribution in [0.5, 0.6) is 0 Å². The van der Waals surface area contributed by atoms with Gasteiger partial charge in [-0.05, 0) is 12.1 Å². The van der Waals surface area contributed by atoms with E-state index in [1.54, 1.807) is 13.3 Å². The first-order valence-corrected chi connectivity index (χ1v) is 3.70. The van der Waals surface area contributed by atoms with Gasteiger partial charge in [-0.15, -0.1) is 0 Å². The van der Waals surface area contributed by atoms with Crippen molar-refractivity contribution < 1.29 is 4.42 Å². The molecule has 0 aromatic carbocycles. The largest absolute Gasteiger partial charge is 0.467 e. The van der Waals surface area contributed by atoms with Gasteiger partial charge in [-0.3, -0.25) is 4.99 Å². The molecule has 1 rings (SSSR count). The van der Waals surface area contributed by atoms with Crippen LogP contribution in [0.25, 0.3) is 0 Å². The molecule has 66 valence electrons. The van der Waals surface area contributed by atoms with E-state index in [4.69, 9.17) is 10.2 Å². The summed E-state index contributed by atoms with van der Waals surface area (Å²) >= 11 is 0. The highest BCUT2D eigenvalue weighted by Gasteiger charge is 2.02. The number of rotatable bonds is 2. The van der Waals surface area contributed by atoms with Crippen LogP contribution in [-0.4, -0.2) is 25.0 Å². The highest BCUT2D eigenvalue weighted by Crippen LogP contribution is 2.02. The lowest BCUT2D eigenvalue weighted by molar-refractivity contribution is 0.407. The lowest BCUT2D eigenvalue weighted by Gasteiger charge is -2.15. The molecule has 1 aromatic heterocycles. The molecule has 0 aliphatic carbocycles. The monoisotopic (exact) mass is 167 g/mol. The minimum Gasteiger partial charge on any atom is -0.467 e. The van der Waals surface area contributed by atoms with Crippen LogP contribution in [0.3, 0.4) is 0 Å². The fraction of sp³-hybridized carbons (Fsp3) is 0.375. The van der Waals surface area contributed by atoms with Crippen molar-refractivity contribution in [3.63, 3.8) is 0 Å². The molecule has 12 heavy (non-hydrogen) atoms. The number of guanidine groups is 1. The second-order valence-electron chi connectivity index (χ2n) is 2.52. The van der Waals surface area contributed by atoms with E-state index in [0.717, 1.165) is 5.76 Å². The highest BCUT2D eigenvalue weighted by atomic mass is 16.3. The van der Waals surface area contributed by atoms with Gasteiger partial charge in [0.15, 0.2) is 5.96 Å². The first-order chi connectivity index (χ1) is 5.74. The summed E-state index contributed by atoms with van der Waals surface area (Å²) in [6.45, 7) is 0.649. The van der Waals surface area contributed by atoms with Gasteiger partial charge in [0, 0.05) is 14.1 Å². The van der Waals surface area contributed by atoms with E-state index in [1.165, 1.54) is 0 Å². The summed E-state index contributed by atoms with van der Waals surface area (Å²) in [6, 6.07) is 3.75. The fourth-order valence-corrected chi connectivity index (χ4v) is 0.888. The smallest absolute Gasteiger partial charge is 0.191 e. The summed E-state index contributed by atoms with van der Waals surface area (Å²) in [5.41, 5.74) is 5.57. The van der Waals surface area contributed by atoms with Gasteiger partial charge in [-0.25, -0.2) is 0 Å². The zero-order chi connectivity index (χ0) is 8.97. The van der Waals surface area contributed by atoms with Crippen LogP contribution >= 0.6 is 0 Å². The average Bonchev–Trinajstić information content (AvgIpc) is 2.55. The Morgan fingerprint density at radius 1 is 1.75 bits per heavy atom. The van der Waals surface area contributed by atoms with Gasteiger partial charge >= 0.3 is 0 Å². The van der Waals surface area contributed by atoms with Gasteiger partial charge < -0.3 is 15.1 Å². The third kappa shape index (κ3) is 2.02. The molecular formula is C8H13N3O. The van der Waals surface area contributed by atoms with Crippen molar-refractivity contribution in [3.05, 3.63) is 24.2 Å². The van der Waals surface area contributed by atoms with Crippen molar-refractivity contribution in [3.8, 4) is 0 Å². The Morgan fingerprint density at radius 2 is 2.50 bits per heavy atom. The highest BCUT2D eigenvalue weighted by molar-refractivity contribution is 5.77. The third-order valence-corrected chi connectivity index (χ3v) is 1.59. The van der Waals surface area contributed by atoms with Gasteiger partial charge in [-0.1, -0.05) is 0 Å². The van der Waals surface area contributed by atoms with Gasteiger partial charge in [0.05, 0.1) is 12.8 Å². The van der Waals surface area contributed by atoms with E-state index in [9.17, 15) is 0 Å². The van der Waals surface area contributed by atoms with Crippen molar-refractivity contribution >= 4 is 5.96 Å². The van der Waals surface area contributed by atoms with Crippen LogP contribution in [0.2, 0.25) is 0 Å². The van der Waals surface area contributed by atoms with Crippen LogP contribution in [0, 0.1) is 0 Å². The molecule has 1 aromatic rings. The fourth-order valence-electron chi connectivity index (χ4n) is 0.888. The van der Waals surface area contributed by atoms with E-state index in [1.807, 2.05) is 24.1 Å². The van der Waals surface area contributed by atoms with Crippen LogP contribution < -0.4 is 5.73 Å².